The van der Waals surface area contributed by atoms with Gasteiger partial charge in [0.2, 0.25) is 0 Å². The zero-order valence-corrected chi connectivity index (χ0v) is 12.1. The lowest BCUT2D eigenvalue weighted by atomic mass is 10.0. The molecule has 0 spiro atoms. The van der Waals surface area contributed by atoms with Crippen molar-refractivity contribution in [1.29, 1.82) is 0 Å². The molecule has 0 fully saturated rings. The van der Waals surface area contributed by atoms with Crippen molar-refractivity contribution in [3.05, 3.63) is 57.3 Å². The van der Waals surface area contributed by atoms with Crippen LogP contribution in [0.2, 0.25) is 0 Å². The second-order valence-electron chi connectivity index (χ2n) is 5.37. The number of aryl methyl sites for hydroxylation is 1. The van der Waals surface area contributed by atoms with Gasteiger partial charge in [-0.1, -0.05) is 29.8 Å². The van der Waals surface area contributed by atoms with E-state index in [2.05, 4.69) is 47.5 Å². The number of fused-ring (bicyclic) bond motifs is 1. The number of nitrogens with two attached hydrogens (primary N) is 1. The average molecular weight is 272 g/mol. The number of thiophene rings is 1. The van der Waals surface area contributed by atoms with Crippen LogP contribution in [0.4, 0.5) is 0 Å². The van der Waals surface area contributed by atoms with Crippen molar-refractivity contribution >= 4 is 11.3 Å². The second kappa shape index (κ2) is 5.45. The van der Waals surface area contributed by atoms with Crippen LogP contribution in [0.25, 0.3) is 0 Å². The van der Waals surface area contributed by atoms with E-state index in [1.54, 1.807) is 4.88 Å². The molecular formula is C16H20N2S. The minimum absolute atomic E-state index is 0.112. The minimum atomic E-state index is 0.112. The van der Waals surface area contributed by atoms with E-state index in [-0.39, 0.29) is 6.04 Å². The number of rotatable bonds is 3. The van der Waals surface area contributed by atoms with Gasteiger partial charge in [-0.25, -0.2) is 0 Å². The fourth-order valence-electron chi connectivity index (χ4n) is 2.66. The van der Waals surface area contributed by atoms with Gasteiger partial charge in [0.25, 0.3) is 0 Å². The Labute approximate surface area is 118 Å². The molecule has 1 aromatic carbocycles. The van der Waals surface area contributed by atoms with Crippen molar-refractivity contribution in [2.45, 2.75) is 25.9 Å². The molecule has 1 atom stereocenters. The fourth-order valence-corrected chi connectivity index (χ4v) is 3.55. The van der Waals surface area contributed by atoms with E-state index in [1.165, 1.54) is 23.1 Å². The van der Waals surface area contributed by atoms with Crippen LogP contribution in [0.3, 0.4) is 0 Å². The summed E-state index contributed by atoms with van der Waals surface area (Å²) in [6, 6.07) is 11.0. The van der Waals surface area contributed by atoms with E-state index in [0.29, 0.717) is 0 Å². The Morgan fingerprint density at radius 1 is 1.26 bits per heavy atom. The van der Waals surface area contributed by atoms with Crippen LogP contribution < -0.4 is 5.73 Å². The SMILES string of the molecule is Cc1ccc(C(N)CN2CCc3sccc3C2)cc1. The Kier molecular flexibility index (Phi) is 3.69. The largest absolute Gasteiger partial charge is 0.323 e. The van der Waals surface area contributed by atoms with Crippen molar-refractivity contribution < 1.29 is 0 Å². The molecule has 0 saturated carbocycles. The summed E-state index contributed by atoms with van der Waals surface area (Å²) in [5.41, 5.74) is 10.4. The number of nitrogens with zero attached hydrogens (tertiary/aromatic N) is 1. The van der Waals surface area contributed by atoms with E-state index < -0.39 is 0 Å². The molecule has 0 saturated heterocycles. The van der Waals surface area contributed by atoms with Gasteiger partial charge in [-0.2, -0.15) is 0 Å². The maximum atomic E-state index is 6.33. The van der Waals surface area contributed by atoms with Crippen molar-refractivity contribution in [1.82, 2.24) is 4.90 Å². The Morgan fingerprint density at radius 2 is 2.05 bits per heavy atom. The van der Waals surface area contributed by atoms with Gasteiger partial charge in [0.05, 0.1) is 0 Å². The third-order valence-corrected chi connectivity index (χ3v) is 4.87. The van der Waals surface area contributed by atoms with Crippen molar-refractivity contribution in [2.24, 2.45) is 5.73 Å². The van der Waals surface area contributed by atoms with E-state index in [1.807, 2.05) is 11.3 Å². The fraction of sp³-hybridized carbons (Fsp3) is 0.375. The Morgan fingerprint density at radius 3 is 2.84 bits per heavy atom. The Bertz CT molecular complexity index is 544. The molecule has 100 valence electrons. The quantitative estimate of drug-likeness (QED) is 0.930. The maximum Gasteiger partial charge on any atom is 0.0424 e. The van der Waals surface area contributed by atoms with Gasteiger partial charge in [-0.05, 0) is 35.9 Å². The summed E-state index contributed by atoms with van der Waals surface area (Å²) in [5.74, 6) is 0. The van der Waals surface area contributed by atoms with Gasteiger partial charge in [-0.15, -0.1) is 11.3 Å². The van der Waals surface area contributed by atoms with Crippen molar-refractivity contribution in [3.63, 3.8) is 0 Å². The molecule has 3 rings (SSSR count). The van der Waals surface area contributed by atoms with Crippen LogP contribution in [0, 0.1) is 6.92 Å². The average Bonchev–Trinajstić information content (AvgIpc) is 2.87. The molecule has 0 aliphatic carbocycles. The zero-order valence-electron chi connectivity index (χ0n) is 11.3. The smallest absolute Gasteiger partial charge is 0.0424 e. The van der Waals surface area contributed by atoms with E-state index in [9.17, 15) is 0 Å². The molecule has 0 bridgehead atoms. The molecule has 3 heteroatoms. The van der Waals surface area contributed by atoms with Crippen LogP contribution in [-0.2, 0) is 13.0 Å². The molecule has 1 aromatic heterocycles. The summed E-state index contributed by atoms with van der Waals surface area (Å²) in [4.78, 5) is 4.03. The first-order valence-electron chi connectivity index (χ1n) is 6.82. The predicted molar refractivity (Wildman–Crippen MR) is 81.4 cm³/mol. The Hall–Kier alpha value is -1.16. The molecule has 2 nitrogen and oxygen atoms in total. The highest BCUT2D eigenvalue weighted by atomic mass is 32.1. The third-order valence-electron chi connectivity index (χ3n) is 3.85. The third kappa shape index (κ3) is 2.89. The van der Waals surface area contributed by atoms with Gasteiger partial charge in [-0.3, -0.25) is 4.90 Å². The predicted octanol–water partition coefficient (Wildman–Crippen LogP) is 3.11. The molecule has 1 aliphatic rings. The second-order valence-corrected chi connectivity index (χ2v) is 6.37. The molecule has 0 amide bonds. The van der Waals surface area contributed by atoms with Crippen molar-refractivity contribution in [3.8, 4) is 0 Å². The van der Waals surface area contributed by atoms with Crippen molar-refractivity contribution in [2.75, 3.05) is 13.1 Å². The van der Waals surface area contributed by atoms with E-state index >= 15 is 0 Å². The first-order valence-corrected chi connectivity index (χ1v) is 7.70. The highest BCUT2D eigenvalue weighted by Crippen LogP contribution is 2.25. The summed E-state index contributed by atoms with van der Waals surface area (Å²) in [6.07, 6.45) is 1.17. The minimum Gasteiger partial charge on any atom is -0.323 e. The highest BCUT2D eigenvalue weighted by Gasteiger charge is 2.19. The van der Waals surface area contributed by atoms with Gasteiger partial charge in [0.1, 0.15) is 0 Å². The summed E-state index contributed by atoms with van der Waals surface area (Å²) >= 11 is 1.89. The monoisotopic (exact) mass is 272 g/mol. The summed E-state index contributed by atoms with van der Waals surface area (Å²) in [7, 11) is 0. The standard InChI is InChI=1S/C16H20N2S/c1-12-2-4-13(5-3-12)15(17)11-18-8-6-16-14(10-18)7-9-19-16/h2-5,7,9,15H,6,8,10-11,17H2,1H3. The van der Waals surface area contributed by atoms with Gasteiger partial charge in [0, 0.05) is 30.6 Å². The first kappa shape index (κ1) is 12.9. The normalized spacial score (nSPS) is 17.2. The molecule has 19 heavy (non-hydrogen) atoms. The summed E-state index contributed by atoms with van der Waals surface area (Å²) in [5, 5.41) is 2.20. The number of benzene rings is 1. The van der Waals surface area contributed by atoms with Crippen LogP contribution >= 0.6 is 11.3 Å². The van der Waals surface area contributed by atoms with Crippen LogP contribution in [0.1, 0.15) is 27.6 Å². The maximum absolute atomic E-state index is 6.33. The van der Waals surface area contributed by atoms with E-state index in [0.717, 1.165) is 19.6 Å². The van der Waals surface area contributed by atoms with Crippen LogP contribution in [-0.4, -0.2) is 18.0 Å². The first-order chi connectivity index (χ1) is 9.22. The molecular weight excluding hydrogens is 252 g/mol. The molecule has 2 aromatic rings. The van der Waals surface area contributed by atoms with Gasteiger partial charge >= 0.3 is 0 Å². The highest BCUT2D eigenvalue weighted by molar-refractivity contribution is 7.10. The molecule has 2 heterocycles. The number of hydrogen-bond donors (Lipinski definition) is 1. The topological polar surface area (TPSA) is 29.3 Å². The molecule has 0 radical (unpaired) electrons. The molecule has 2 N–H and O–H groups in total. The van der Waals surface area contributed by atoms with Crippen LogP contribution in [0.15, 0.2) is 35.7 Å². The van der Waals surface area contributed by atoms with Crippen LogP contribution in [0.5, 0.6) is 0 Å². The lowest BCUT2D eigenvalue weighted by Gasteiger charge is -2.29. The number of hydrogen-bond acceptors (Lipinski definition) is 3. The van der Waals surface area contributed by atoms with Gasteiger partial charge < -0.3 is 5.73 Å². The van der Waals surface area contributed by atoms with Gasteiger partial charge in [0.15, 0.2) is 0 Å². The zero-order chi connectivity index (χ0) is 13.2. The lowest BCUT2D eigenvalue weighted by Crippen LogP contribution is -2.35. The lowest BCUT2D eigenvalue weighted by molar-refractivity contribution is 0.240. The molecule has 1 unspecified atom stereocenters. The summed E-state index contributed by atoms with van der Waals surface area (Å²) in [6.45, 7) is 5.24. The van der Waals surface area contributed by atoms with E-state index in [4.69, 9.17) is 5.73 Å². The summed E-state index contributed by atoms with van der Waals surface area (Å²) < 4.78 is 0. The Balaban J connectivity index is 1.64. The molecule has 1 aliphatic heterocycles.